The predicted octanol–water partition coefficient (Wildman–Crippen LogP) is 4.35. The number of ketones is 1. The first-order valence-corrected chi connectivity index (χ1v) is 10.3. The van der Waals surface area contributed by atoms with Gasteiger partial charge in [0.15, 0.2) is 19.0 Å². The van der Waals surface area contributed by atoms with Gasteiger partial charge < -0.3 is 24.3 Å². The Kier molecular flexibility index (Phi) is 8.71. The van der Waals surface area contributed by atoms with Crippen LogP contribution in [0.25, 0.3) is 0 Å². The molecule has 1 N–H and O–H groups in total. The molecule has 3 rings (SSSR count). The summed E-state index contributed by atoms with van der Waals surface area (Å²) < 4.78 is 44.1. The Labute approximate surface area is 199 Å². The summed E-state index contributed by atoms with van der Waals surface area (Å²) in [6.45, 7) is -3.75. The minimum absolute atomic E-state index is 0.0892. The molecule has 0 atom stereocenters. The van der Waals surface area contributed by atoms with Crippen LogP contribution in [0.15, 0.2) is 72.8 Å². The van der Waals surface area contributed by atoms with Gasteiger partial charge in [0.2, 0.25) is 0 Å². The van der Waals surface area contributed by atoms with Crippen LogP contribution in [0, 0.1) is 0 Å². The molecule has 0 saturated heterocycles. The lowest BCUT2D eigenvalue weighted by Gasteiger charge is -2.09. The molecule has 0 heterocycles. The van der Waals surface area contributed by atoms with Gasteiger partial charge in [-0.2, -0.15) is 8.78 Å². The quantitative estimate of drug-likeness (QED) is 0.318. The molecule has 1 amide bonds. The van der Waals surface area contributed by atoms with Crippen molar-refractivity contribution >= 4 is 23.3 Å². The number of methoxy groups -OCH3 is 1. The van der Waals surface area contributed by atoms with Crippen molar-refractivity contribution in [2.45, 2.75) is 6.61 Å². The molecule has 0 spiro atoms. The van der Waals surface area contributed by atoms with E-state index in [0.29, 0.717) is 17.2 Å². The monoisotopic (exact) mass is 485 g/mol. The van der Waals surface area contributed by atoms with E-state index in [1.807, 2.05) is 0 Å². The number of benzene rings is 3. The maximum Gasteiger partial charge on any atom is 0.387 e. The summed E-state index contributed by atoms with van der Waals surface area (Å²) in [5.41, 5.74) is 0.907. The Bertz CT molecular complexity index is 1170. The highest BCUT2D eigenvalue weighted by Crippen LogP contribution is 2.18. The van der Waals surface area contributed by atoms with Gasteiger partial charge in [-0.15, -0.1) is 0 Å². The van der Waals surface area contributed by atoms with E-state index in [-0.39, 0.29) is 29.4 Å². The SMILES string of the molecule is COc1cccc(NC(=O)COc2ccc(C(=O)OCC(=O)c3ccc(OC(F)F)cc3)cc2)c1. The van der Waals surface area contributed by atoms with Crippen molar-refractivity contribution in [3.8, 4) is 17.2 Å². The van der Waals surface area contributed by atoms with E-state index in [0.717, 1.165) is 0 Å². The minimum Gasteiger partial charge on any atom is -0.497 e. The van der Waals surface area contributed by atoms with Gasteiger partial charge in [-0.25, -0.2) is 4.79 Å². The van der Waals surface area contributed by atoms with Crippen LogP contribution < -0.4 is 19.5 Å². The number of hydrogen-bond donors (Lipinski definition) is 1. The number of ether oxygens (including phenoxy) is 4. The van der Waals surface area contributed by atoms with Crippen molar-refractivity contribution in [3.05, 3.63) is 83.9 Å². The Balaban J connectivity index is 1.45. The second-order valence-electron chi connectivity index (χ2n) is 7.00. The lowest BCUT2D eigenvalue weighted by molar-refractivity contribution is -0.118. The first-order valence-electron chi connectivity index (χ1n) is 10.3. The Morgan fingerprint density at radius 2 is 1.49 bits per heavy atom. The summed E-state index contributed by atoms with van der Waals surface area (Å²) in [5.74, 6) is -0.764. The predicted molar refractivity (Wildman–Crippen MR) is 121 cm³/mol. The summed E-state index contributed by atoms with van der Waals surface area (Å²) >= 11 is 0. The van der Waals surface area contributed by atoms with Crippen molar-refractivity contribution < 1.29 is 42.1 Å². The van der Waals surface area contributed by atoms with Crippen LogP contribution >= 0.6 is 0 Å². The van der Waals surface area contributed by atoms with Crippen molar-refractivity contribution in [2.24, 2.45) is 0 Å². The molecule has 0 radical (unpaired) electrons. The molecule has 8 nitrogen and oxygen atoms in total. The third kappa shape index (κ3) is 7.81. The summed E-state index contributed by atoms with van der Waals surface area (Å²) in [6.07, 6.45) is 0. The highest BCUT2D eigenvalue weighted by atomic mass is 19.3. The van der Waals surface area contributed by atoms with Gasteiger partial charge in [0, 0.05) is 17.3 Å². The first-order chi connectivity index (χ1) is 16.8. The third-order valence-corrected chi connectivity index (χ3v) is 4.55. The number of carbonyl (C=O) groups excluding carboxylic acids is 3. The molecular weight excluding hydrogens is 464 g/mol. The van der Waals surface area contributed by atoms with Crippen LogP contribution in [-0.2, 0) is 9.53 Å². The average molecular weight is 485 g/mol. The number of anilines is 1. The molecule has 3 aromatic rings. The van der Waals surface area contributed by atoms with E-state index in [1.54, 1.807) is 24.3 Å². The second-order valence-corrected chi connectivity index (χ2v) is 7.00. The molecule has 182 valence electrons. The Morgan fingerprint density at radius 1 is 0.829 bits per heavy atom. The largest absolute Gasteiger partial charge is 0.497 e. The zero-order chi connectivity index (χ0) is 25.2. The zero-order valence-corrected chi connectivity index (χ0v) is 18.5. The van der Waals surface area contributed by atoms with Crippen LogP contribution in [0.4, 0.5) is 14.5 Å². The molecule has 0 aliphatic heterocycles. The lowest BCUT2D eigenvalue weighted by atomic mass is 10.1. The standard InChI is InChI=1S/C25H21F2NO7/c1-32-21-4-2-3-18(13-21)28-23(30)15-33-19-9-7-17(8-10-19)24(31)34-14-22(29)16-5-11-20(12-6-16)35-25(26)27/h2-13,25H,14-15H2,1H3,(H,28,30). The van der Waals surface area contributed by atoms with E-state index in [2.05, 4.69) is 10.1 Å². The van der Waals surface area contributed by atoms with Crippen LogP contribution in [0.5, 0.6) is 17.2 Å². The summed E-state index contributed by atoms with van der Waals surface area (Å²) in [6, 6.07) is 17.7. The fourth-order valence-electron chi connectivity index (χ4n) is 2.85. The van der Waals surface area contributed by atoms with Gasteiger partial charge in [0.05, 0.1) is 12.7 Å². The lowest BCUT2D eigenvalue weighted by Crippen LogP contribution is -2.20. The molecular formula is C25H21F2NO7. The van der Waals surface area contributed by atoms with Gasteiger partial charge in [-0.3, -0.25) is 9.59 Å². The highest BCUT2D eigenvalue weighted by Gasteiger charge is 2.13. The fraction of sp³-hybridized carbons (Fsp3) is 0.160. The molecule has 0 aliphatic carbocycles. The van der Waals surface area contributed by atoms with Crippen molar-refractivity contribution in [2.75, 3.05) is 25.6 Å². The van der Waals surface area contributed by atoms with Crippen molar-refractivity contribution in [1.29, 1.82) is 0 Å². The summed E-state index contributed by atoms with van der Waals surface area (Å²) in [5, 5.41) is 2.68. The topological polar surface area (TPSA) is 100 Å². The van der Waals surface area contributed by atoms with Crippen LogP contribution in [0.3, 0.4) is 0 Å². The minimum atomic E-state index is -2.97. The van der Waals surface area contributed by atoms with E-state index in [1.165, 1.54) is 55.6 Å². The third-order valence-electron chi connectivity index (χ3n) is 4.55. The molecule has 10 heteroatoms. The average Bonchev–Trinajstić information content (AvgIpc) is 2.86. The van der Waals surface area contributed by atoms with Gasteiger partial charge in [-0.05, 0) is 60.7 Å². The second kappa shape index (κ2) is 12.1. The van der Waals surface area contributed by atoms with Crippen LogP contribution in [-0.4, -0.2) is 44.6 Å². The van der Waals surface area contributed by atoms with Gasteiger partial charge >= 0.3 is 12.6 Å². The van der Waals surface area contributed by atoms with Crippen LogP contribution in [0.2, 0.25) is 0 Å². The van der Waals surface area contributed by atoms with Crippen molar-refractivity contribution in [1.82, 2.24) is 0 Å². The Morgan fingerprint density at radius 3 is 2.14 bits per heavy atom. The molecule has 0 aliphatic rings. The normalized spacial score (nSPS) is 10.4. The number of amides is 1. The molecule has 35 heavy (non-hydrogen) atoms. The maximum absolute atomic E-state index is 12.2. The maximum atomic E-state index is 12.2. The van der Waals surface area contributed by atoms with Gasteiger partial charge in [0.25, 0.3) is 5.91 Å². The highest BCUT2D eigenvalue weighted by molar-refractivity contribution is 5.99. The Hall–Kier alpha value is -4.47. The number of rotatable bonds is 11. The van der Waals surface area contributed by atoms with Crippen molar-refractivity contribution in [3.63, 3.8) is 0 Å². The van der Waals surface area contributed by atoms with E-state index < -0.39 is 25.0 Å². The molecule has 0 bridgehead atoms. The van der Waals surface area contributed by atoms with Gasteiger partial charge in [-0.1, -0.05) is 6.07 Å². The smallest absolute Gasteiger partial charge is 0.387 e. The number of alkyl halides is 2. The molecule has 3 aromatic carbocycles. The number of carbonyl (C=O) groups is 3. The van der Waals surface area contributed by atoms with E-state index in [4.69, 9.17) is 14.2 Å². The molecule has 0 fully saturated rings. The van der Waals surface area contributed by atoms with E-state index >= 15 is 0 Å². The zero-order valence-electron chi connectivity index (χ0n) is 18.5. The van der Waals surface area contributed by atoms with Crippen LogP contribution in [0.1, 0.15) is 20.7 Å². The number of hydrogen-bond acceptors (Lipinski definition) is 7. The number of esters is 1. The number of Topliss-reactive ketones (excluding diaryl/α,β-unsaturated/α-hetero) is 1. The molecule has 0 saturated carbocycles. The molecule has 0 unspecified atom stereocenters. The fourth-order valence-corrected chi connectivity index (χ4v) is 2.85. The molecule has 0 aromatic heterocycles. The summed E-state index contributed by atoms with van der Waals surface area (Å²) in [7, 11) is 1.52. The van der Waals surface area contributed by atoms with Gasteiger partial charge in [0.1, 0.15) is 17.2 Å². The summed E-state index contributed by atoms with van der Waals surface area (Å²) in [4.78, 5) is 36.4. The number of halogens is 2. The van der Waals surface area contributed by atoms with E-state index in [9.17, 15) is 23.2 Å². The first kappa shape index (κ1) is 25.2. The number of nitrogens with one attached hydrogen (secondary N) is 1.